The summed E-state index contributed by atoms with van der Waals surface area (Å²) in [6, 6.07) is 0. The minimum absolute atomic E-state index is 0. The van der Waals surface area contributed by atoms with Crippen molar-refractivity contribution in [3.8, 4) is 0 Å². The van der Waals surface area contributed by atoms with E-state index in [1.54, 1.807) is 0 Å². The second-order valence-electron chi connectivity index (χ2n) is 3.10. The number of hydrogen-bond acceptors (Lipinski definition) is 2. The van der Waals surface area contributed by atoms with Gasteiger partial charge in [0.1, 0.15) is 0 Å². The highest BCUT2D eigenvalue weighted by molar-refractivity contribution is 5.86. The number of halogens is 3. The smallest absolute Gasteiger partial charge is 0.307 e. The molecule has 1 unspecified atom stereocenters. The Morgan fingerprint density at radius 3 is 2.07 bits per heavy atom. The lowest BCUT2D eigenvalue weighted by Crippen LogP contribution is -2.42. The van der Waals surface area contributed by atoms with E-state index >= 15 is 0 Å². The number of nitrogens with zero attached hydrogens (tertiary/aromatic N) is 1. The molecule has 0 spiro atoms. The van der Waals surface area contributed by atoms with Crippen molar-refractivity contribution in [2.24, 2.45) is 5.92 Å². The van der Waals surface area contributed by atoms with Gasteiger partial charge in [-0.25, -0.2) is 0 Å². The Bertz CT molecular complexity index is 154. The molecule has 6 heteroatoms. The molecule has 3 nitrogen and oxygen atoms in total. The lowest BCUT2D eigenvalue weighted by molar-refractivity contribution is -0.142. The fraction of sp³-hybridized carbons (Fsp3) is 0.875. The van der Waals surface area contributed by atoms with Crippen molar-refractivity contribution in [3.05, 3.63) is 0 Å². The highest BCUT2D eigenvalue weighted by Crippen LogP contribution is 2.11. The van der Waals surface area contributed by atoms with Gasteiger partial charge in [0, 0.05) is 6.54 Å². The first-order valence-electron chi connectivity index (χ1n) is 4.19. The summed E-state index contributed by atoms with van der Waals surface area (Å²) < 4.78 is 0. The summed E-state index contributed by atoms with van der Waals surface area (Å²) in [5.41, 5.74) is 0. The van der Waals surface area contributed by atoms with Gasteiger partial charge in [-0.15, -0.1) is 37.2 Å². The lowest BCUT2D eigenvalue weighted by Gasteiger charge is -2.32. The molecule has 1 aliphatic rings. The van der Waals surface area contributed by atoms with E-state index in [-0.39, 0.29) is 43.1 Å². The normalized spacial score (nSPS) is 16.4. The van der Waals surface area contributed by atoms with Crippen LogP contribution in [0.1, 0.15) is 19.8 Å². The number of carboxylic acid groups (broad SMARTS) is 1. The first-order chi connectivity index (χ1) is 5.24. The van der Waals surface area contributed by atoms with Gasteiger partial charge in [-0.2, -0.15) is 0 Å². The van der Waals surface area contributed by atoms with E-state index in [9.17, 15) is 4.79 Å². The van der Waals surface area contributed by atoms with Gasteiger partial charge in [0.2, 0.25) is 0 Å². The summed E-state index contributed by atoms with van der Waals surface area (Å²) in [4.78, 5) is 12.8. The number of carboxylic acids is 1. The number of rotatable bonds is 4. The molecule has 1 atom stereocenters. The first-order valence-corrected chi connectivity index (χ1v) is 4.19. The van der Waals surface area contributed by atoms with E-state index in [1.807, 2.05) is 6.92 Å². The fourth-order valence-corrected chi connectivity index (χ4v) is 1.26. The zero-order valence-electron chi connectivity index (χ0n) is 8.14. The Hall–Kier alpha value is 0.300. The fourth-order valence-electron chi connectivity index (χ4n) is 1.26. The highest BCUT2D eigenvalue weighted by Gasteiger charge is 2.22. The molecule has 1 fully saturated rings. The van der Waals surface area contributed by atoms with Crippen molar-refractivity contribution < 1.29 is 9.90 Å². The maximum absolute atomic E-state index is 10.6. The minimum atomic E-state index is -0.653. The molecule has 0 bridgehead atoms. The summed E-state index contributed by atoms with van der Waals surface area (Å²) >= 11 is 0. The summed E-state index contributed by atoms with van der Waals surface area (Å²) in [5, 5.41) is 8.72. The largest absolute Gasteiger partial charge is 0.481 e. The number of aliphatic carboxylic acids is 1. The number of carbonyl (C=O) groups is 1. The van der Waals surface area contributed by atoms with Crippen LogP contribution in [0, 0.1) is 5.92 Å². The second kappa shape index (κ2) is 9.84. The van der Waals surface area contributed by atoms with Crippen LogP contribution in [-0.4, -0.2) is 35.6 Å². The van der Waals surface area contributed by atoms with Gasteiger partial charge >= 0.3 is 5.97 Å². The molecule has 0 radical (unpaired) electrons. The van der Waals surface area contributed by atoms with Gasteiger partial charge in [-0.3, -0.25) is 4.79 Å². The maximum atomic E-state index is 10.6. The third-order valence-corrected chi connectivity index (χ3v) is 2.27. The average molecular weight is 267 g/mol. The molecule has 1 aliphatic heterocycles. The third-order valence-electron chi connectivity index (χ3n) is 2.27. The highest BCUT2D eigenvalue weighted by atomic mass is 35.5. The van der Waals surface area contributed by atoms with Crippen molar-refractivity contribution in [1.82, 2.24) is 4.90 Å². The predicted octanol–water partition coefficient (Wildman–Crippen LogP) is 2.07. The quantitative estimate of drug-likeness (QED) is 0.847. The third kappa shape index (κ3) is 5.91. The zero-order chi connectivity index (χ0) is 8.27. The van der Waals surface area contributed by atoms with Crippen molar-refractivity contribution >= 4 is 43.2 Å². The Morgan fingerprint density at radius 1 is 1.36 bits per heavy atom. The monoisotopic (exact) mass is 265 g/mol. The Morgan fingerprint density at radius 2 is 1.86 bits per heavy atom. The van der Waals surface area contributed by atoms with Gasteiger partial charge in [0.25, 0.3) is 0 Å². The predicted molar refractivity (Wildman–Crippen MR) is 64.2 cm³/mol. The molecule has 1 N–H and O–H groups in total. The number of likely N-dealkylation sites (tertiary alicyclic amines) is 1. The molecule has 1 saturated heterocycles. The van der Waals surface area contributed by atoms with Crippen LogP contribution in [0.15, 0.2) is 0 Å². The molecule has 0 saturated carbocycles. The van der Waals surface area contributed by atoms with E-state index in [4.69, 9.17) is 5.11 Å². The number of hydrogen-bond donors (Lipinski definition) is 1. The molecule has 0 amide bonds. The SMILES string of the molecule is CCC(CN1CCC1)C(=O)O.Cl.Cl.Cl. The molecule has 0 aromatic heterocycles. The zero-order valence-corrected chi connectivity index (χ0v) is 10.6. The standard InChI is InChI=1S/C8H15NO2.3ClH/c1-2-7(8(10)11)6-9-4-3-5-9;;;/h7H,2-6H2,1H3,(H,10,11);3*1H. The molecule has 14 heavy (non-hydrogen) atoms. The van der Waals surface area contributed by atoms with Crippen molar-refractivity contribution in [1.29, 1.82) is 0 Å². The van der Waals surface area contributed by atoms with Crippen LogP contribution in [0.25, 0.3) is 0 Å². The first kappa shape index (κ1) is 19.8. The Kier molecular flexibility index (Phi) is 13.9. The van der Waals surface area contributed by atoms with E-state index in [0.717, 1.165) is 26.1 Å². The van der Waals surface area contributed by atoms with Crippen molar-refractivity contribution in [2.45, 2.75) is 19.8 Å². The molecule has 0 aliphatic carbocycles. The molecule has 0 aromatic carbocycles. The molecular weight excluding hydrogens is 248 g/mol. The van der Waals surface area contributed by atoms with Gasteiger partial charge in [0.15, 0.2) is 0 Å². The summed E-state index contributed by atoms with van der Waals surface area (Å²) in [6.45, 7) is 4.85. The van der Waals surface area contributed by atoms with Crippen molar-refractivity contribution in [3.63, 3.8) is 0 Å². The van der Waals surface area contributed by atoms with Crippen LogP contribution in [0.3, 0.4) is 0 Å². The van der Waals surface area contributed by atoms with Crippen LogP contribution >= 0.6 is 37.2 Å². The molecular formula is C8H18Cl3NO2. The molecule has 1 heterocycles. The topological polar surface area (TPSA) is 40.5 Å². The Balaban J connectivity index is -0.000000403. The van der Waals surface area contributed by atoms with E-state index in [1.165, 1.54) is 6.42 Å². The van der Waals surface area contributed by atoms with Gasteiger partial charge < -0.3 is 10.0 Å². The second-order valence-corrected chi connectivity index (χ2v) is 3.10. The van der Waals surface area contributed by atoms with E-state index < -0.39 is 5.97 Å². The summed E-state index contributed by atoms with van der Waals surface area (Å²) in [5.74, 6) is -0.810. The summed E-state index contributed by atoms with van der Waals surface area (Å²) in [6.07, 6.45) is 1.97. The van der Waals surface area contributed by atoms with E-state index in [0.29, 0.717) is 0 Å². The molecule has 88 valence electrons. The van der Waals surface area contributed by atoms with Gasteiger partial charge in [0.05, 0.1) is 5.92 Å². The van der Waals surface area contributed by atoms with E-state index in [2.05, 4.69) is 4.90 Å². The van der Waals surface area contributed by atoms with Crippen LogP contribution in [0.4, 0.5) is 0 Å². The Labute approximate surface area is 103 Å². The van der Waals surface area contributed by atoms with Crippen LogP contribution in [0.5, 0.6) is 0 Å². The van der Waals surface area contributed by atoms with Crippen LogP contribution in [-0.2, 0) is 4.79 Å². The minimum Gasteiger partial charge on any atom is -0.481 e. The van der Waals surface area contributed by atoms with Gasteiger partial charge in [-0.1, -0.05) is 6.92 Å². The maximum Gasteiger partial charge on any atom is 0.307 e. The summed E-state index contributed by atoms with van der Waals surface area (Å²) in [7, 11) is 0. The van der Waals surface area contributed by atoms with Crippen LogP contribution in [0.2, 0.25) is 0 Å². The lowest BCUT2D eigenvalue weighted by atomic mass is 10.0. The van der Waals surface area contributed by atoms with Gasteiger partial charge in [-0.05, 0) is 25.9 Å². The molecule has 0 aromatic rings. The average Bonchev–Trinajstić information content (AvgIpc) is 1.85. The van der Waals surface area contributed by atoms with Crippen molar-refractivity contribution in [2.75, 3.05) is 19.6 Å². The molecule has 1 rings (SSSR count). The van der Waals surface area contributed by atoms with Crippen LogP contribution < -0.4 is 0 Å².